The Morgan fingerprint density at radius 3 is 2.85 bits per heavy atom. The van der Waals surface area contributed by atoms with Gasteiger partial charge in [-0.3, -0.25) is 0 Å². The fraction of sp³-hybridized carbons (Fsp3) is 0. The monoisotopic (exact) mass is 195 g/mol. The molecule has 0 spiro atoms. The van der Waals surface area contributed by atoms with Crippen LogP contribution in [0.4, 0.5) is 0 Å². The lowest BCUT2D eigenvalue weighted by atomic mass is 10.2. The molecule has 0 aliphatic heterocycles. The maximum absolute atomic E-state index is 9.43. The maximum Gasteiger partial charge on any atom is 0.237 e. The van der Waals surface area contributed by atoms with Crippen molar-refractivity contribution in [2.75, 3.05) is 0 Å². The fourth-order valence-electron chi connectivity index (χ4n) is 1.16. The Kier molecular flexibility index (Phi) is 1.94. The SMILES string of the molecule is Oc1cccc2ccc(OCl)nc12. The van der Waals surface area contributed by atoms with Crippen molar-refractivity contribution in [2.45, 2.75) is 0 Å². The Morgan fingerprint density at radius 1 is 1.23 bits per heavy atom. The molecular weight excluding hydrogens is 190 g/mol. The van der Waals surface area contributed by atoms with Gasteiger partial charge in [-0.1, -0.05) is 12.1 Å². The smallest absolute Gasteiger partial charge is 0.237 e. The molecule has 1 aromatic heterocycles. The third kappa shape index (κ3) is 1.38. The summed E-state index contributed by atoms with van der Waals surface area (Å²) in [7, 11) is 0. The minimum Gasteiger partial charge on any atom is -0.506 e. The maximum atomic E-state index is 9.43. The Labute approximate surface area is 79.7 Å². The van der Waals surface area contributed by atoms with E-state index in [0.717, 1.165) is 5.39 Å². The summed E-state index contributed by atoms with van der Waals surface area (Å²) in [5.41, 5.74) is 0.487. The van der Waals surface area contributed by atoms with Gasteiger partial charge in [0.1, 0.15) is 23.1 Å². The van der Waals surface area contributed by atoms with Crippen molar-refractivity contribution in [1.82, 2.24) is 4.98 Å². The Bertz CT molecular complexity index is 445. The van der Waals surface area contributed by atoms with Crippen LogP contribution in [-0.4, -0.2) is 10.1 Å². The van der Waals surface area contributed by atoms with Crippen LogP contribution in [0.25, 0.3) is 10.9 Å². The highest BCUT2D eigenvalue weighted by atomic mass is 35.5. The standard InChI is InChI=1S/C9H6ClNO2/c10-13-8-5-4-6-2-1-3-7(12)9(6)11-8/h1-5,12H. The van der Waals surface area contributed by atoms with Crippen molar-refractivity contribution in [3.63, 3.8) is 0 Å². The predicted molar refractivity (Wildman–Crippen MR) is 49.9 cm³/mol. The van der Waals surface area contributed by atoms with Gasteiger partial charge in [0, 0.05) is 11.5 Å². The number of nitrogens with zero attached hydrogens (tertiary/aromatic N) is 1. The van der Waals surface area contributed by atoms with Gasteiger partial charge in [0.15, 0.2) is 0 Å². The Hall–Kier alpha value is -1.48. The lowest BCUT2D eigenvalue weighted by Gasteiger charge is -2.00. The van der Waals surface area contributed by atoms with Crippen LogP contribution in [0.5, 0.6) is 11.6 Å². The number of fused-ring (bicyclic) bond motifs is 1. The molecule has 0 radical (unpaired) electrons. The number of aromatic nitrogens is 1. The van der Waals surface area contributed by atoms with E-state index in [1.165, 1.54) is 0 Å². The summed E-state index contributed by atoms with van der Waals surface area (Å²) in [5, 5.41) is 10.3. The van der Waals surface area contributed by atoms with Crippen molar-refractivity contribution in [3.8, 4) is 11.6 Å². The molecule has 1 heterocycles. The number of phenols is 1. The largest absolute Gasteiger partial charge is 0.506 e. The Balaban J connectivity index is 2.74. The molecule has 0 atom stereocenters. The van der Waals surface area contributed by atoms with E-state index in [1.54, 1.807) is 24.3 Å². The number of rotatable bonds is 1. The average Bonchev–Trinajstić information content (AvgIpc) is 2.18. The highest BCUT2D eigenvalue weighted by Gasteiger charge is 2.02. The summed E-state index contributed by atoms with van der Waals surface area (Å²) in [5.74, 6) is 0.392. The normalized spacial score (nSPS) is 10.2. The first-order chi connectivity index (χ1) is 6.31. The van der Waals surface area contributed by atoms with E-state index in [1.807, 2.05) is 6.07 Å². The summed E-state index contributed by atoms with van der Waals surface area (Å²) >= 11 is 5.14. The van der Waals surface area contributed by atoms with Crippen molar-refractivity contribution < 1.29 is 9.40 Å². The predicted octanol–water partition coefficient (Wildman–Crippen LogP) is 2.47. The van der Waals surface area contributed by atoms with E-state index >= 15 is 0 Å². The third-order valence-corrected chi connectivity index (χ3v) is 1.91. The first-order valence-electron chi connectivity index (χ1n) is 3.68. The molecule has 0 bridgehead atoms. The van der Waals surface area contributed by atoms with Crippen LogP contribution in [0.2, 0.25) is 0 Å². The molecule has 1 N–H and O–H groups in total. The van der Waals surface area contributed by atoms with Gasteiger partial charge >= 0.3 is 0 Å². The molecule has 13 heavy (non-hydrogen) atoms. The highest BCUT2D eigenvalue weighted by molar-refractivity contribution is 6.09. The summed E-state index contributed by atoms with van der Waals surface area (Å²) in [6, 6.07) is 8.57. The number of halogens is 1. The van der Waals surface area contributed by atoms with E-state index in [-0.39, 0.29) is 11.6 Å². The molecule has 0 saturated heterocycles. The molecular formula is C9H6ClNO2. The molecule has 0 unspecified atom stereocenters. The number of pyridine rings is 1. The molecule has 0 fully saturated rings. The summed E-state index contributed by atoms with van der Waals surface area (Å²) in [6.45, 7) is 0. The highest BCUT2D eigenvalue weighted by Crippen LogP contribution is 2.24. The van der Waals surface area contributed by atoms with Crippen LogP contribution in [-0.2, 0) is 0 Å². The zero-order chi connectivity index (χ0) is 9.26. The molecule has 66 valence electrons. The molecule has 3 nitrogen and oxygen atoms in total. The molecule has 4 heteroatoms. The van der Waals surface area contributed by atoms with E-state index < -0.39 is 0 Å². The van der Waals surface area contributed by atoms with Gasteiger partial charge in [-0.25, -0.2) is 4.98 Å². The van der Waals surface area contributed by atoms with E-state index in [0.29, 0.717) is 5.52 Å². The number of hydrogen-bond donors (Lipinski definition) is 1. The number of para-hydroxylation sites is 1. The molecule has 0 saturated carbocycles. The topological polar surface area (TPSA) is 42.4 Å². The lowest BCUT2D eigenvalue weighted by molar-refractivity contribution is 0.479. The first-order valence-corrected chi connectivity index (χ1v) is 3.99. The van der Waals surface area contributed by atoms with Gasteiger partial charge in [-0.05, 0) is 12.1 Å². The fourth-order valence-corrected chi connectivity index (χ4v) is 1.24. The summed E-state index contributed by atoms with van der Waals surface area (Å²) in [4.78, 5) is 3.99. The number of hydrogen-bond acceptors (Lipinski definition) is 3. The summed E-state index contributed by atoms with van der Waals surface area (Å²) < 4.78 is 4.43. The third-order valence-electron chi connectivity index (χ3n) is 1.75. The molecule has 0 aliphatic rings. The van der Waals surface area contributed by atoms with Crippen LogP contribution in [0.15, 0.2) is 30.3 Å². The van der Waals surface area contributed by atoms with Gasteiger partial charge in [0.2, 0.25) is 5.88 Å². The molecule has 1 aromatic carbocycles. The molecule has 0 aliphatic carbocycles. The van der Waals surface area contributed by atoms with Crippen molar-refractivity contribution in [2.24, 2.45) is 0 Å². The van der Waals surface area contributed by atoms with Crippen molar-refractivity contribution in [3.05, 3.63) is 30.3 Å². The van der Waals surface area contributed by atoms with E-state index in [2.05, 4.69) is 9.27 Å². The number of aromatic hydroxyl groups is 1. The number of phenolic OH excluding ortho intramolecular Hbond substituents is 1. The van der Waals surface area contributed by atoms with E-state index in [9.17, 15) is 5.11 Å². The minimum absolute atomic E-state index is 0.119. The molecule has 0 amide bonds. The van der Waals surface area contributed by atoms with Crippen LogP contribution < -0.4 is 4.29 Å². The van der Waals surface area contributed by atoms with Gasteiger partial charge in [0.25, 0.3) is 0 Å². The van der Waals surface area contributed by atoms with Crippen LogP contribution in [0.3, 0.4) is 0 Å². The average molecular weight is 196 g/mol. The minimum atomic E-state index is 0.119. The summed E-state index contributed by atoms with van der Waals surface area (Å²) in [6.07, 6.45) is 0. The van der Waals surface area contributed by atoms with Crippen molar-refractivity contribution >= 4 is 22.8 Å². The lowest BCUT2D eigenvalue weighted by Crippen LogP contribution is -1.83. The zero-order valence-corrected chi connectivity index (χ0v) is 7.32. The quantitative estimate of drug-likeness (QED) is 0.760. The van der Waals surface area contributed by atoms with Crippen LogP contribution >= 0.6 is 11.9 Å². The second kappa shape index (κ2) is 3.11. The molecule has 2 aromatic rings. The van der Waals surface area contributed by atoms with Crippen molar-refractivity contribution in [1.29, 1.82) is 0 Å². The zero-order valence-electron chi connectivity index (χ0n) is 6.57. The van der Waals surface area contributed by atoms with Crippen LogP contribution in [0, 0.1) is 0 Å². The second-order valence-corrected chi connectivity index (χ2v) is 2.73. The van der Waals surface area contributed by atoms with Crippen LogP contribution in [0.1, 0.15) is 0 Å². The van der Waals surface area contributed by atoms with Gasteiger partial charge in [-0.15, -0.1) is 0 Å². The van der Waals surface area contributed by atoms with Gasteiger partial charge < -0.3 is 9.40 Å². The number of benzene rings is 1. The second-order valence-electron chi connectivity index (χ2n) is 2.58. The molecule has 2 rings (SSSR count). The van der Waals surface area contributed by atoms with Gasteiger partial charge in [0.05, 0.1) is 0 Å². The first kappa shape index (κ1) is 8.13. The van der Waals surface area contributed by atoms with E-state index in [4.69, 9.17) is 11.9 Å². The Morgan fingerprint density at radius 2 is 2.08 bits per heavy atom. The van der Waals surface area contributed by atoms with Gasteiger partial charge in [-0.2, -0.15) is 0 Å².